The Balaban J connectivity index is 1.99. The van der Waals surface area contributed by atoms with Crippen molar-refractivity contribution in [3.63, 3.8) is 0 Å². The molecule has 1 aromatic heterocycles. The smallest absolute Gasteiger partial charge is 0.422 e. The van der Waals surface area contributed by atoms with Crippen molar-refractivity contribution in [2.24, 2.45) is 0 Å². The number of hydrogen-bond donors (Lipinski definition) is 1. The van der Waals surface area contributed by atoms with Crippen molar-refractivity contribution >= 4 is 46.1 Å². The summed E-state index contributed by atoms with van der Waals surface area (Å²) in [6, 6.07) is 6.93. The third kappa shape index (κ3) is 4.79. The number of carbonyl (C=O) groups is 1. The van der Waals surface area contributed by atoms with E-state index in [1.807, 2.05) is 0 Å². The molecule has 1 N–H and O–H groups in total. The number of ether oxygens (including phenoxy) is 1. The average molecular weight is 370 g/mol. The van der Waals surface area contributed by atoms with Gasteiger partial charge in [-0.05, 0) is 30.3 Å². The van der Waals surface area contributed by atoms with Crippen LogP contribution >= 0.6 is 34.5 Å². The SMILES string of the molecule is O=C(Nc1ccc(OCC(F)(F)F)cc1)c1cc(Cl)sc1Cl. The highest BCUT2D eigenvalue weighted by molar-refractivity contribution is 7.20. The quantitative estimate of drug-likeness (QED) is 0.799. The van der Waals surface area contributed by atoms with Crippen LogP contribution in [-0.2, 0) is 0 Å². The summed E-state index contributed by atoms with van der Waals surface area (Å²) in [7, 11) is 0. The Morgan fingerprint density at radius 1 is 1.23 bits per heavy atom. The fourth-order valence-electron chi connectivity index (χ4n) is 1.49. The molecule has 1 amide bonds. The molecule has 2 aromatic rings. The van der Waals surface area contributed by atoms with E-state index < -0.39 is 18.7 Å². The number of halogens is 5. The second kappa shape index (κ2) is 6.76. The molecule has 0 radical (unpaired) electrons. The van der Waals surface area contributed by atoms with Gasteiger partial charge >= 0.3 is 6.18 Å². The predicted molar refractivity (Wildman–Crippen MR) is 80.3 cm³/mol. The zero-order chi connectivity index (χ0) is 16.3. The van der Waals surface area contributed by atoms with Crippen LogP contribution in [-0.4, -0.2) is 18.7 Å². The Morgan fingerprint density at radius 2 is 1.86 bits per heavy atom. The maximum absolute atomic E-state index is 12.0. The van der Waals surface area contributed by atoms with E-state index in [0.29, 0.717) is 10.0 Å². The molecule has 0 saturated carbocycles. The summed E-state index contributed by atoms with van der Waals surface area (Å²) in [5.41, 5.74) is 0.622. The van der Waals surface area contributed by atoms with Gasteiger partial charge < -0.3 is 10.1 Å². The third-order valence-corrected chi connectivity index (χ3v) is 3.90. The van der Waals surface area contributed by atoms with Crippen LogP contribution in [0.1, 0.15) is 10.4 Å². The van der Waals surface area contributed by atoms with E-state index in [4.69, 9.17) is 23.2 Å². The number of amides is 1. The molecule has 0 spiro atoms. The molecule has 9 heteroatoms. The first-order valence-corrected chi connectivity index (χ1v) is 7.37. The summed E-state index contributed by atoms with van der Waals surface area (Å²) in [4.78, 5) is 12.0. The van der Waals surface area contributed by atoms with Crippen molar-refractivity contribution < 1.29 is 22.7 Å². The molecule has 0 atom stereocenters. The van der Waals surface area contributed by atoms with Gasteiger partial charge in [-0.15, -0.1) is 11.3 Å². The summed E-state index contributed by atoms with van der Waals surface area (Å²) < 4.78 is 41.2. The highest BCUT2D eigenvalue weighted by Crippen LogP contribution is 2.31. The molecule has 0 aliphatic heterocycles. The van der Waals surface area contributed by atoms with E-state index in [9.17, 15) is 18.0 Å². The largest absolute Gasteiger partial charge is 0.484 e. The summed E-state index contributed by atoms with van der Waals surface area (Å²) >= 11 is 12.7. The lowest BCUT2D eigenvalue weighted by atomic mass is 10.2. The molecule has 2 rings (SSSR count). The molecule has 0 aliphatic carbocycles. The minimum Gasteiger partial charge on any atom is -0.484 e. The molecule has 0 saturated heterocycles. The zero-order valence-corrected chi connectivity index (χ0v) is 13.0. The van der Waals surface area contributed by atoms with Crippen LogP contribution < -0.4 is 10.1 Å². The van der Waals surface area contributed by atoms with Gasteiger partial charge in [0.15, 0.2) is 6.61 Å². The van der Waals surface area contributed by atoms with Crippen LogP contribution in [0.15, 0.2) is 30.3 Å². The average Bonchev–Trinajstić information content (AvgIpc) is 2.76. The Labute approximate surface area is 137 Å². The van der Waals surface area contributed by atoms with Crippen LogP contribution in [0.5, 0.6) is 5.75 Å². The maximum Gasteiger partial charge on any atom is 0.422 e. The van der Waals surface area contributed by atoms with Gasteiger partial charge in [0.1, 0.15) is 10.1 Å². The summed E-state index contributed by atoms with van der Waals surface area (Å²) in [5.74, 6) is -0.413. The van der Waals surface area contributed by atoms with Crippen molar-refractivity contribution in [2.75, 3.05) is 11.9 Å². The lowest BCUT2D eigenvalue weighted by molar-refractivity contribution is -0.153. The number of anilines is 1. The van der Waals surface area contributed by atoms with Gasteiger partial charge in [0.25, 0.3) is 5.91 Å². The molecule has 118 valence electrons. The molecule has 0 fully saturated rings. The zero-order valence-electron chi connectivity index (χ0n) is 10.7. The molecular formula is C13H8Cl2F3NO2S. The lowest BCUT2D eigenvalue weighted by Gasteiger charge is -2.10. The van der Waals surface area contributed by atoms with Crippen LogP contribution in [0.25, 0.3) is 0 Å². The first-order chi connectivity index (χ1) is 10.2. The fraction of sp³-hybridized carbons (Fsp3) is 0.154. The van der Waals surface area contributed by atoms with E-state index in [0.717, 1.165) is 11.3 Å². The number of alkyl halides is 3. The second-order valence-corrected chi connectivity index (χ2v) is 6.41. The number of carbonyl (C=O) groups excluding carboxylic acids is 1. The Morgan fingerprint density at radius 3 is 2.36 bits per heavy atom. The van der Waals surface area contributed by atoms with E-state index in [-0.39, 0.29) is 15.6 Å². The van der Waals surface area contributed by atoms with Crippen molar-refractivity contribution in [3.05, 3.63) is 44.6 Å². The van der Waals surface area contributed by atoms with Gasteiger partial charge in [-0.3, -0.25) is 4.79 Å². The Hall–Kier alpha value is -1.44. The molecule has 0 aliphatic rings. The van der Waals surface area contributed by atoms with Crippen molar-refractivity contribution in [3.8, 4) is 5.75 Å². The van der Waals surface area contributed by atoms with Crippen LogP contribution in [0, 0.1) is 0 Å². The van der Waals surface area contributed by atoms with Gasteiger partial charge in [0.2, 0.25) is 0 Å². The molecule has 1 aromatic carbocycles. The van der Waals surface area contributed by atoms with E-state index >= 15 is 0 Å². The third-order valence-electron chi connectivity index (χ3n) is 2.42. The monoisotopic (exact) mass is 369 g/mol. The lowest BCUT2D eigenvalue weighted by Crippen LogP contribution is -2.19. The van der Waals surface area contributed by atoms with Gasteiger partial charge in [-0.1, -0.05) is 23.2 Å². The summed E-state index contributed by atoms with van der Waals surface area (Å²) in [6.07, 6.45) is -4.40. The predicted octanol–water partition coefficient (Wildman–Crippen LogP) is 5.25. The topological polar surface area (TPSA) is 38.3 Å². The first kappa shape index (κ1) is 16.9. The van der Waals surface area contributed by atoms with Crippen LogP contribution in [0.3, 0.4) is 0 Å². The number of benzene rings is 1. The molecular weight excluding hydrogens is 362 g/mol. The highest BCUT2D eigenvalue weighted by atomic mass is 35.5. The molecule has 0 unspecified atom stereocenters. The second-order valence-electron chi connectivity index (χ2n) is 4.12. The van der Waals surface area contributed by atoms with Crippen molar-refractivity contribution in [1.29, 1.82) is 0 Å². The number of nitrogens with one attached hydrogen (secondary N) is 1. The standard InChI is InChI=1S/C13H8Cl2F3NO2S/c14-10-5-9(11(15)22-10)12(20)19-7-1-3-8(4-2-7)21-6-13(16,17)18/h1-5H,6H2,(H,19,20). The normalized spacial score (nSPS) is 11.3. The fourth-order valence-corrected chi connectivity index (χ4v) is 2.95. The van der Waals surface area contributed by atoms with Crippen LogP contribution in [0.4, 0.5) is 18.9 Å². The van der Waals surface area contributed by atoms with E-state index in [1.165, 1.54) is 30.3 Å². The van der Waals surface area contributed by atoms with Crippen molar-refractivity contribution in [1.82, 2.24) is 0 Å². The molecule has 1 heterocycles. The number of rotatable bonds is 4. The minimum absolute atomic E-state index is 0.0481. The highest BCUT2D eigenvalue weighted by Gasteiger charge is 2.28. The summed E-state index contributed by atoms with van der Waals surface area (Å²) in [5, 5.41) is 2.56. The van der Waals surface area contributed by atoms with Gasteiger partial charge in [0.05, 0.1) is 9.90 Å². The van der Waals surface area contributed by atoms with E-state index in [2.05, 4.69) is 10.1 Å². The number of hydrogen-bond acceptors (Lipinski definition) is 3. The Bertz CT molecular complexity index is 671. The molecule has 0 bridgehead atoms. The van der Waals surface area contributed by atoms with E-state index in [1.54, 1.807) is 0 Å². The minimum atomic E-state index is -4.40. The number of thiophene rings is 1. The Kier molecular flexibility index (Phi) is 5.20. The van der Waals surface area contributed by atoms with Crippen molar-refractivity contribution in [2.45, 2.75) is 6.18 Å². The molecule has 22 heavy (non-hydrogen) atoms. The first-order valence-electron chi connectivity index (χ1n) is 5.80. The molecule has 3 nitrogen and oxygen atoms in total. The maximum atomic E-state index is 12.0. The summed E-state index contributed by atoms with van der Waals surface area (Å²) in [6.45, 7) is -1.37. The van der Waals surface area contributed by atoms with Gasteiger partial charge in [-0.2, -0.15) is 13.2 Å². The van der Waals surface area contributed by atoms with Gasteiger partial charge in [0, 0.05) is 5.69 Å². The van der Waals surface area contributed by atoms with Gasteiger partial charge in [-0.25, -0.2) is 0 Å². The van der Waals surface area contributed by atoms with Crippen LogP contribution in [0.2, 0.25) is 8.67 Å².